The summed E-state index contributed by atoms with van der Waals surface area (Å²) in [6, 6.07) is 3.17. The molecule has 0 fully saturated rings. The van der Waals surface area contributed by atoms with Crippen molar-refractivity contribution in [2.45, 2.75) is 26.3 Å². The molecule has 1 aromatic rings. The molecule has 0 saturated carbocycles. The van der Waals surface area contributed by atoms with E-state index in [2.05, 4.69) is 10.3 Å². The number of halogens is 1. The molecular weight excluding hydrogens is 228 g/mol. The highest BCUT2D eigenvalue weighted by Gasteiger charge is 2.12. The van der Waals surface area contributed by atoms with Gasteiger partial charge < -0.3 is 10.4 Å². The van der Waals surface area contributed by atoms with Gasteiger partial charge in [-0.3, -0.25) is 4.79 Å². The molecule has 88 valence electrons. The molecule has 1 amide bonds. The van der Waals surface area contributed by atoms with Crippen LogP contribution in [-0.2, 0) is 0 Å². The molecule has 2 N–H and O–H groups in total. The maximum atomic E-state index is 11.8. The second-order valence-corrected chi connectivity index (χ2v) is 4.04. The number of carbonyl (C=O) groups is 1. The molecule has 1 atom stereocenters. The molecule has 0 aromatic carbocycles. The topological polar surface area (TPSA) is 62.2 Å². The highest BCUT2D eigenvalue weighted by molar-refractivity contribution is 6.29. The molecular formula is C11H15ClN2O2. The Balaban J connectivity index is 2.73. The zero-order valence-corrected chi connectivity index (χ0v) is 10.1. The predicted molar refractivity (Wildman–Crippen MR) is 62.6 cm³/mol. The summed E-state index contributed by atoms with van der Waals surface area (Å²) < 4.78 is 0. The number of pyridine rings is 1. The molecule has 0 spiro atoms. The van der Waals surface area contributed by atoms with Crippen molar-refractivity contribution in [3.05, 3.63) is 28.5 Å². The Bertz CT molecular complexity index is 382. The number of carbonyl (C=O) groups excluding carboxylic acids is 1. The van der Waals surface area contributed by atoms with Crippen LogP contribution in [0, 0.1) is 6.92 Å². The van der Waals surface area contributed by atoms with Crippen LogP contribution in [0.2, 0.25) is 5.15 Å². The third-order valence-corrected chi connectivity index (χ3v) is 2.45. The Morgan fingerprint density at radius 1 is 1.62 bits per heavy atom. The van der Waals surface area contributed by atoms with Crippen LogP contribution in [0.5, 0.6) is 0 Å². The van der Waals surface area contributed by atoms with Gasteiger partial charge in [0.1, 0.15) is 5.15 Å². The summed E-state index contributed by atoms with van der Waals surface area (Å²) in [5.41, 5.74) is 1.11. The van der Waals surface area contributed by atoms with Crippen molar-refractivity contribution in [1.82, 2.24) is 10.3 Å². The largest absolute Gasteiger partial charge is 0.396 e. The summed E-state index contributed by atoms with van der Waals surface area (Å²) >= 11 is 5.70. The first-order chi connectivity index (χ1) is 7.54. The number of aliphatic hydroxyl groups excluding tert-OH is 1. The Kier molecular flexibility index (Phi) is 4.71. The summed E-state index contributed by atoms with van der Waals surface area (Å²) in [5, 5.41) is 11.9. The molecule has 16 heavy (non-hydrogen) atoms. The van der Waals surface area contributed by atoms with Gasteiger partial charge in [-0.1, -0.05) is 11.6 Å². The van der Waals surface area contributed by atoms with Crippen molar-refractivity contribution in [2.75, 3.05) is 6.61 Å². The molecule has 1 aromatic heterocycles. The second kappa shape index (κ2) is 5.82. The summed E-state index contributed by atoms with van der Waals surface area (Å²) in [6.07, 6.45) is 0.534. The van der Waals surface area contributed by atoms with E-state index in [9.17, 15) is 4.79 Å². The fourth-order valence-corrected chi connectivity index (χ4v) is 1.53. The zero-order chi connectivity index (χ0) is 12.1. The molecule has 1 unspecified atom stereocenters. The van der Waals surface area contributed by atoms with Gasteiger partial charge in [0.05, 0.1) is 11.3 Å². The maximum absolute atomic E-state index is 11.8. The van der Waals surface area contributed by atoms with E-state index in [4.69, 9.17) is 16.7 Å². The Morgan fingerprint density at radius 2 is 2.31 bits per heavy atom. The number of nitrogens with one attached hydrogen (secondary N) is 1. The van der Waals surface area contributed by atoms with E-state index in [0.29, 0.717) is 22.8 Å². The molecule has 1 heterocycles. The minimum Gasteiger partial charge on any atom is -0.396 e. The van der Waals surface area contributed by atoms with Gasteiger partial charge >= 0.3 is 0 Å². The van der Waals surface area contributed by atoms with Gasteiger partial charge in [-0.2, -0.15) is 0 Å². The van der Waals surface area contributed by atoms with E-state index in [1.807, 2.05) is 6.92 Å². The van der Waals surface area contributed by atoms with Gasteiger partial charge in [0.2, 0.25) is 0 Å². The standard InChI is InChI=1S/C11H15ClN2O2/c1-7(5-6-15)13-11(16)9-3-4-10(12)14-8(9)2/h3-4,7,15H,5-6H2,1-2H3,(H,13,16). The predicted octanol–water partition coefficient (Wildman–Crippen LogP) is 1.54. The van der Waals surface area contributed by atoms with Gasteiger partial charge in [-0.15, -0.1) is 0 Å². The van der Waals surface area contributed by atoms with Gasteiger partial charge in [0.25, 0.3) is 5.91 Å². The molecule has 4 nitrogen and oxygen atoms in total. The van der Waals surface area contributed by atoms with Crippen molar-refractivity contribution in [2.24, 2.45) is 0 Å². The van der Waals surface area contributed by atoms with Crippen molar-refractivity contribution in [3.8, 4) is 0 Å². The normalized spacial score (nSPS) is 12.2. The van der Waals surface area contributed by atoms with E-state index >= 15 is 0 Å². The van der Waals surface area contributed by atoms with Gasteiger partial charge in [0, 0.05) is 12.6 Å². The van der Waals surface area contributed by atoms with Crippen LogP contribution < -0.4 is 5.32 Å². The van der Waals surface area contributed by atoms with E-state index in [1.54, 1.807) is 19.1 Å². The number of amides is 1. The zero-order valence-electron chi connectivity index (χ0n) is 9.33. The lowest BCUT2D eigenvalue weighted by Crippen LogP contribution is -2.33. The third kappa shape index (κ3) is 3.47. The lowest BCUT2D eigenvalue weighted by atomic mass is 10.1. The lowest BCUT2D eigenvalue weighted by molar-refractivity contribution is 0.0933. The number of aryl methyl sites for hydroxylation is 1. The number of aliphatic hydroxyl groups is 1. The molecule has 0 bridgehead atoms. The molecule has 0 aliphatic heterocycles. The number of aromatic nitrogens is 1. The molecule has 0 saturated heterocycles. The van der Waals surface area contributed by atoms with Gasteiger partial charge in [-0.05, 0) is 32.4 Å². The van der Waals surface area contributed by atoms with Crippen molar-refractivity contribution >= 4 is 17.5 Å². The lowest BCUT2D eigenvalue weighted by Gasteiger charge is -2.13. The van der Waals surface area contributed by atoms with E-state index in [1.165, 1.54) is 0 Å². The molecule has 0 aliphatic carbocycles. The van der Waals surface area contributed by atoms with Crippen LogP contribution in [0.15, 0.2) is 12.1 Å². The summed E-state index contributed by atoms with van der Waals surface area (Å²) in [5.74, 6) is -0.192. The van der Waals surface area contributed by atoms with E-state index in [0.717, 1.165) is 0 Å². The number of rotatable bonds is 4. The minimum absolute atomic E-state index is 0.0549. The first-order valence-corrected chi connectivity index (χ1v) is 5.47. The maximum Gasteiger partial charge on any atom is 0.253 e. The average Bonchev–Trinajstić information content (AvgIpc) is 2.17. The highest BCUT2D eigenvalue weighted by atomic mass is 35.5. The van der Waals surface area contributed by atoms with E-state index in [-0.39, 0.29) is 18.6 Å². The molecule has 5 heteroatoms. The summed E-state index contributed by atoms with van der Waals surface area (Å²) in [4.78, 5) is 15.8. The monoisotopic (exact) mass is 242 g/mol. The average molecular weight is 243 g/mol. The summed E-state index contributed by atoms with van der Waals surface area (Å²) in [7, 11) is 0. The Labute approximate surface area is 99.6 Å². The minimum atomic E-state index is -0.192. The smallest absolute Gasteiger partial charge is 0.253 e. The number of hydrogen-bond acceptors (Lipinski definition) is 3. The highest BCUT2D eigenvalue weighted by Crippen LogP contribution is 2.10. The van der Waals surface area contributed by atoms with Gasteiger partial charge in [0.15, 0.2) is 0 Å². The molecule has 1 rings (SSSR count). The summed E-state index contributed by atoms with van der Waals surface area (Å²) in [6.45, 7) is 3.63. The Morgan fingerprint density at radius 3 is 2.88 bits per heavy atom. The van der Waals surface area contributed by atoms with Crippen LogP contribution in [-0.4, -0.2) is 28.6 Å². The van der Waals surface area contributed by atoms with Crippen LogP contribution >= 0.6 is 11.6 Å². The molecule has 0 radical (unpaired) electrons. The molecule has 0 aliphatic rings. The first kappa shape index (κ1) is 12.9. The third-order valence-electron chi connectivity index (χ3n) is 2.24. The van der Waals surface area contributed by atoms with Gasteiger partial charge in [-0.25, -0.2) is 4.98 Å². The fourth-order valence-electron chi connectivity index (χ4n) is 1.34. The van der Waals surface area contributed by atoms with Crippen LogP contribution in [0.4, 0.5) is 0 Å². The van der Waals surface area contributed by atoms with E-state index < -0.39 is 0 Å². The van der Waals surface area contributed by atoms with Crippen LogP contribution in [0.1, 0.15) is 29.4 Å². The van der Waals surface area contributed by atoms with Crippen LogP contribution in [0.3, 0.4) is 0 Å². The number of hydrogen-bond donors (Lipinski definition) is 2. The SMILES string of the molecule is Cc1nc(Cl)ccc1C(=O)NC(C)CCO. The number of nitrogens with zero attached hydrogens (tertiary/aromatic N) is 1. The quantitative estimate of drug-likeness (QED) is 0.788. The van der Waals surface area contributed by atoms with Crippen molar-refractivity contribution < 1.29 is 9.90 Å². The van der Waals surface area contributed by atoms with Crippen LogP contribution in [0.25, 0.3) is 0 Å². The Hall–Kier alpha value is -1.13. The van der Waals surface area contributed by atoms with Crippen molar-refractivity contribution in [3.63, 3.8) is 0 Å². The first-order valence-electron chi connectivity index (χ1n) is 5.09. The van der Waals surface area contributed by atoms with Crippen molar-refractivity contribution in [1.29, 1.82) is 0 Å². The fraction of sp³-hybridized carbons (Fsp3) is 0.455. The second-order valence-electron chi connectivity index (χ2n) is 3.65.